The molecule has 0 radical (unpaired) electrons. The van der Waals surface area contributed by atoms with Gasteiger partial charge in [0.1, 0.15) is 5.58 Å². The molecule has 238 valence electrons. The molecule has 0 atom stereocenters. The summed E-state index contributed by atoms with van der Waals surface area (Å²) < 4.78 is 11.3. The van der Waals surface area contributed by atoms with Gasteiger partial charge < -0.3 is 8.98 Å². The molecule has 0 aliphatic rings. The van der Waals surface area contributed by atoms with Crippen LogP contribution in [0.1, 0.15) is 0 Å². The smallest absolute Gasteiger partial charge is 0.164 e. The summed E-state index contributed by atoms with van der Waals surface area (Å²) in [5.74, 6) is 1.94. The predicted octanol–water partition coefficient (Wildman–Crippen LogP) is 12.2. The molecular weight excluding hydrogens is 645 g/mol. The van der Waals surface area contributed by atoms with Gasteiger partial charge in [-0.15, -0.1) is 11.3 Å². The largest absolute Gasteiger partial charge is 0.455 e. The van der Waals surface area contributed by atoms with Crippen LogP contribution in [0, 0.1) is 0 Å². The topological polar surface area (TPSA) is 56.7 Å². The Morgan fingerprint density at radius 1 is 0.471 bits per heavy atom. The maximum atomic E-state index is 6.70. The fourth-order valence-electron chi connectivity index (χ4n) is 7.56. The van der Waals surface area contributed by atoms with Crippen molar-refractivity contribution < 1.29 is 4.42 Å². The van der Waals surface area contributed by atoms with Gasteiger partial charge in [0, 0.05) is 59.4 Å². The highest BCUT2D eigenvalue weighted by Gasteiger charge is 2.20. The lowest BCUT2D eigenvalue weighted by atomic mass is 10.0. The number of hydrogen-bond donors (Lipinski definition) is 0. The van der Waals surface area contributed by atoms with Crippen LogP contribution in [-0.2, 0) is 0 Å². The Labute approximate surface area is 295 Å². The lowest BCUT2D eigenvalue weighted by Crippen LogP contribution is -2.00. The summed E-state index contributed by atoms with van der Waals surface area (Å²) in [5, 5.41) is 6.95. The van der Waals surface area contributed by atoms with Crippen LogP contribution in [0.25, 0.3) is 104 Å². The van der Waals surface area contributed by atoms with Crippen LogP contribution in [0.3, 0.4) is 0 Å². The summed E-state index contributed by atoms with van der Waals surface area (Å²) >= 11 is 1.75. The molecule has 6 heteroatoms. The molecule has 0 saturated heterocycles. The molecule has 11 rings (SSSR count). The highest BCUT2D eigenvalue weighted by Crippen LogP contribution is 2.45. The number of para-hydroxylation sites is 2. The first-order chi connectivity index (χ1) is 25.3. The molecule has 0 fully saturated rings. The fraction of sp³-hybridized carbons (Fsp3) is 0. The zero-order valence-corrected chi connectivity index (χ0v) is 27.9. The Morgan fingerprint density at radius 3 is 1.76 bits per heavy atom. The van der Waals surface area contributed by atoms with Gasteiger partial charge >= 0.3 is 0 Å². The third-order valence-corrected chi connectivity index (χ3v) is 11.0. The summed E-state index contributed by atoms with van der Waals surface area (Å²) in [6.07, 6.45) is 0. The summed E-state index contributed by atoms with van der Waals surface area (Å²) in [6.45, 7) is 0. The second-order valence-corrected chi connectivity index (χ2v) is 13.8. The maximum absolute atomic E-state index is 6.70. The van der Waals surface area contributed by atoms with Crippen molar-refractivity contribution in [2.45, 2.75) is 0 Å². The van der Waals surface area contributed by atoms with Gasteiger partial charge in [-0.25, -0.2) is 15.0 Å². The maximum Gasteiger partial charge on any atom is 0.164 e. The van der Waals surface area contributed by atoms with Gasteiger partial charge in [0.15, 0.2) is 23.1 Å². The first-order valence-corrected chi connectivity index (χ1v) is 17.8. The average molecular weight is 671 g/mol. The molecule has 51 heavy (non-hydrogen) atoms. The van der Waals surface area contributed by atoms with E-state index in [4.69, 9.17) is 19.4 Å². The molecule has 0 N–H and O–H groups in total. The number of fused-ring (bicyclic) bond motifs is 10. The lowest BCUT2D eigenvalue weighted by molar-refractivity contribution is 0.673. The normalized spacial score (nSPS) is 11.9. The van der Waals surface area contributed by atoms with Crippen LogP contribution >= 0.6 is 11.3 Å². The van der Waals surface area contributed by atoms with Crippen molar-refractivity contribution in [3.05, 3.63) is 158 Å². The number of nitrogens with zero attached hydrogens (tertiary/aromatic N) is 4. The van der Waals surface area contributed by atoms with E-state index < -0.39 is 0 Å². The van der Waals surface area contributed by atoms with E-state index in [-0.39, 0.29) is 0 Å². The van der Waals surface area contributed by atoms with Crippen LogP contribution in [0.2, 0.25) is 0 Å². The van der Waals surface area contributed by atoms with Gasteiger partial charge in [-0.2, -0.15) is 0 Å². The molecular formula is C45H26N4OS. The van der Waals surface area contributed by atoms with Crippen molar-refractivity contribution >= 4 is 75.3 Å². The van der Waals surface area contributed by atoms with Crippen LogP contribution in [0.15, 0.2) is 162 Å². The van der Waals surface area contributed by atoms with E-state index in [1.807, 2.05) is 60.7 Å². The predicted molar refractivity (Wildman–Crippen MR) is 211 cm³/mol. The van der Waals surface area contributed by atoms with Gasteiger partial charge in [0.25, 0.3) is 0 Å². The molecule has 4 aromatic heterocycles. The Kier molecular flexibility index (Phi) is 6.05. The fourth-order valence-corrected chi connectivity index (χ4v) is 8.77. The molecule has 5 nitrogen and oxygen atoms in total. The minimum absolute atomic E-state index is 0.647. The molecule has 0 spiro atoms. The van der Waals surface area contributed by atoms with Gasteiger partial charge in [-0.1, -0.05) is 115 Å². The van der Waals surface area contributed by atoms with Crippen LogP contribution in [0.4, 0.5) is 0 Å². The third kappa shape index (κ3) is 4.30. The summed E-state index contributed by atoms with van der Waals surface area (Å²) in [7, 11) is 0. The van der Waals surface area contributed by atoms with E-state index in [0.717, 1.165) is 64.5 Å². The Morgan fingerprint density at radius 2 is 1.08 bits per heavy atom. The zero-order chi connectivity index (χ0) is 33.5. The highest BCUT2D eigenvalue weighted by molar-refractivity contribution is 7.26. The van der Waals surface area contributed by atoms with Crippen molar-refractivity contribution in [2.24, 2.45) is 0 Å². The van der Waals surface area contributed by atoms with E-state index in [0.29, 0.717) is 17.5 Å². The number of thiophene rings is 1. The summed E-state index contributed by atoms with van der Waals surface area (Å²) in [4.78, 5) is 15.1. The number of rotatable bonds is 4. The lowest BCUT2D eigenvalue weighted by Gasteiger charge is -2.09. The number of aromatic nitrogens is 4. The molecule has 11 aromatic rings. The second-order valence-electron chi connectivity index (χ2n) is 12.8. The SMILES string of the molecule is c1ccc(-c2nc(-c3ccccc3)nc(-c3cccc4sc5c(ccc6c7cc(-n8c9ccccc9c9ccccc98)ccc7oc65)c34)n2)cc1. The molecule has 0 unspecified atom stereocenters. The summed E-state index contributed by atoms with van der Waals surface area (Å²) in [6, 6.07) is 54.8. The monoisotopic (exact) mass is 670 g/mol. The van der Waals surface area contributed by atoms with Gasteiger partial charge in [-0.05, 0) is 42.5 Å². The van der Waals surface area contributed by atoms with Crippen LogP contribution in [0.5, 0.6) is 0 Å². The van der Waals surface area contributed by atoms with Crippen molar-refractivity contribution in [1.29, 1.82) is 0 Å². The van der Waals surface area contributed by atoms with Gasteiger partial charge in [0.2, 0.25) is 0 Å². The minimum Gasteiger partial charge on any atom is -0.455 e. The average Bonchev–Trinajstić information content (AvgIpc) is 3.88. The van der Waals surface area contributed by atoms with Crippen LogP contribution in [-0.4, -0.2) is 19.5 Å². The summed E-state index contributed by atoms with van der Waals surface area (Å²) in [5.41, 5.74) is 8.13. The Balaban J connectivity index is 1.12. The first kappa shape index (κ1) is 28.2. The Hall–Kier alpha value is -6.63. The molecule has 4 heterocycles. The molecule has 0 amide bonds. The van der Waals surface area contributed by atoms with E-state index in [9.17, 15) is 0 Å². The molecule has 0 bridgehead atoms. The number of furan rings is 1. The van der Waals surface area contributed by atoms with E-state index >= 15 is 0 Å². The Bertz CT molecular complexity index is 3030. The molecule has 0 saturated carbocycles. The second kappa shape index (κ2) is 10.9. The van der Waals surface area contributed by atoms with Crippen molar-refractivity contribution in [2.75, 3.05) is 0 Å². The van der Waals surface area contributed by atoms with Crippen molar-refractivity contribution in [1.82, 2.24) is 19.5 Å². The van der Waals surface area contributed by atoms with Crippen molar-refractivity contribution in [3.8, 4) is 39.9 Å². The van der Waals surface area contributed by atoms with E-state index in [1.54, 1.807) is 11.3 Å². The first-order valence-electron chi connectivity index (χ1n) is 16.9. The van der Waals surface area contributed by atoms with E-state index in [1.165, 1.54) is 21.8 Å². The number of hydrogen-bond acceptors (Lipinski definition) is 5. The van der Waals surface area contributed by atoms with E-state index in [2.05, 4.69) is 102 Å². The zero-order valence-electron chi connectivity index (χ0n) is 27.1. The molecule has 0 aliphatic carbocycles. The number of benzene rings is 7. The van der Waals surface area contributed by atoms with Crippen LogP contribution < -0.4 is 0 Å². The molecule has 7 aromatic carbocycles. The highest BCUT2D eigenvalue weighted by atomic mass is 32.1. The molecule has 0 aliphatic heterocycles. The third-order valence-electron chi connectivity index (χ3n) is 9.86. The quantitative estimate of drug-likeness (QED) is 0.187. The van der Waals surface area contributed by atoms with Crippen molar-refractivity contribution in [3.63, 3.8) is 0 Å². The standard InChI is InChI=1S/C45H26N4OS/c1-3-12-27(13-4-1)43-46-44(28-14-5-2-6-15-28)48-45(47-43)34-18-11-21-39-40(34)33-24-23-32-35-26-29(22-25-38(35)50-41(32)42(33)51-39)49-36-19-9-7-16-30(36)31-17-8-10-20-37(31)49/h1-26H. The minimum atomic E-state index is 0.647. The van der Waals surface area contributed by atoms with Gasteiger partial charge in [0.05, 0.1) is 15.7 Å². The van der Waals surface area contributed by atoms with Gasteiger partial charge in [-0.3, -0.25) is 0 Å².